The number of rotatable bonds is 5. The van der Waals surface area contributed by atoms with E-state index < -0.39 is 11.4 Å². The minimum absolute atomic E-state index is 0.285. The molecule has 1 aliphatic carbocycles. The number of carboxylic acids is 1. The lowest BCUT2D eigenvalue weighted by Crippen LogP contribution is -2.40. The highest BCUT2D eigenvalue weighted by atomic mass is 16.5. The minimum atomic E-state index is -0.602. The van der Waals surface area contributed by atoms with E-state index in [0.29, 0.717) is 6.10 Å². The predicted molar refractivity (Wildman–Crippen MR) is 74.2 cm³/mol. The number of hydrogen-bond donors (Lipinski definition) is 2. The first kappa shape index (κ1) is 14.8. The van der Waals surface area contributed by atoms with Crippen LogP contribution in [0.25, 0.3) is 0 Å². The average Bonchev–Trinajstić information content (AvgIpc) is 2.42. The Morgan fingerprint density at radius 3 is 2.32 bits per heavy atom. The van der Waals surface area contributed by atoms with Gasteiger partial charge in [0.15, 0.2) is 0 Å². The number of carbonyl (C=O) groups is 1. The Morgan fingerprint density at radius 2 is 1.79 bits per heavy atom. The van der Waals surface area contributed by atoms with Crippen molar-refractivity contribution in [2.75, 3.05) is 13.1 Å². The SMILES string of the molecule is CCCC1(C(=O)O)CCC(OC2CCNCC2)CC1. The van der Waals surface area contributed by atoms with Gasteiger partial charge in [-0.15, -0.1) is 0 Å². The zero-order valence-electron chi connectivity index (χ0n) is 12.0. The van der Waals surface area contributed by atoms with E-state index in [4.69, 9.17) is 4.74 Å². The summed E-state index contributed by atoms with van der Waals surface area (Å²) in [5, 5.41) is 12.8. The molecule has 1 saturated carbocycles. The molecule has 0 aromatic rings. The van der Waals surface area contributed by atoms with Gasteiger partial charge in [0, 0.05) is 0 Å². The molecule has 0 unspecified atom stereocenters. The first-order valence-corrected chi connectivity index (χ1v) is 7.76. The van der Waals surface area contributed by atoms with Gasteiger partial charge in [-0.25, -0.2) is 0 Å². The van der Waals surface area contributed by atoms with E-state index >= 15 is 0 Å². The van der Waals surface area contributed by atoms with Crippen LogP contribution in [0.1, 0.15) is 58.3 Å². The Bertz CT molecular complexity index is 292. The second kappa shape index (κ2) is 6.71. The van der Waals surface area contributed by atoms with Crippen molar-refractivity contribution < 1.29 is 14.6 Å². The van der Waals surface area contributed by atoms with Gasteiger partial charge in [0.2, 0.25) is 0 Å². The first-order chi connectivity index (χ1) is 9.16. The van der Waals surface area contributed by atoms with Crippen molar-refractivity contribution in [3.8, 4) is 0 Å². The van der Waals surface area contributed by atoms with E-state index in [2.05, 4.69) is 12.2 Å². The standard InChI is InChI=1S/C15H27NO3/c1-2-7-15(14(17)18)8-3-12(4-9-15)19-13-5-10-16-11-6-13/h12-13,16H,2-11H2,1H3,(H,17,18). The van der Waals surface area contributed by atoms with Crippen molar-refractivity contribution in [1.29, 1.82) is 0 Å². The van der Waals surface area contributed by atoms with Crippen molar-refractivity contribution in [2.45, 2.75) is 70.5 Å². The first-order valence-electron chi connectivity index (χ1n) is 7.76. The summed E-state index contributed by atoms with van der Waals surface area (Å²) in [5.41, 5.74) is -0.470. The molecular formula is C15H27NO3. The third kappa shape index (κ3) is 3.69. The molecule has 0 amide bonds. The van der Waals surface area contributed by atoms with Crippen molar-refractivity contribution in [1.82, 2.24) is 5.32 Å². The molecule has 0 spiro atoms. The summed E-state index contributed by atoms with van der Waals surface area (Å²) in [6.07, 6.45) is 8.01. The fourth-order valence-electron chi connectivity index (χ4n) is 3.53. The lowest BCUT2D eigenvalue weighted by Gasteiger charge is -2.38. The quantitative estimate of drug-likeness (QED) is 0.805. The number of nitrogens with one attached hydrogen (secondary N) is 1. The predicted octanol–water partition coefficient (Wildman–Crippen LogP) is 2.57. The summed E-state index contributed by atoms with van der Waals surface area (Å²) in [5.74, 6) is -0.602. The van der Waals surface area contributed by atoms with Crippen LogP contribution in [0.3, 0.4) is 0 Å². The van der Waals surface area contributed by atoms with Crippen LogP contribution in [0.15, 0.2) is 0 Å². The van der Waals surface area contributed by atoms with Gasteiger partial charge in [0.05, 0.1) is 17.6 Å². The maximum absolute atomic E-state index is 11.5. The molecule has 2 rings (SSSR count). The maximum atomic E-state index is 11.5. The molecule has 0 aromatic carbocycles. The van der Waals surface area contributed by atoms with E-state index in [1.807, 2.05) is 0 Å². The van der Waals surface area contributed by atoms with Crippen LogP contribution in [-0.4, -0.2) is 36.4 Å². The Labute approximate surface area is 115 Å². The summed E-state index contributed by atoms with van der Waals surface area (Å²) >= 11 is 0. The molecule has 0 radical (unpaired) electrons. The van der Waals surface area contributed by atoms with Gasteiger partial charge < -0.3 is 15.2 Å². The lowest BCUT2D eigenvalue weighted by molar-refractivity contribution is -0.154. The van der Waals surface area contributed by atoms with E-state index in [-0.39, 0.29) is 6.10 Å². The molecule has 0 bridgehead atoms. The fourth-order valence-corrected chi connectivity index (χ4v) is 3.53. The summed E-state index contributed by atoms with van der Waals surface area (Å²) in [6.45, 7) is 4.17. The molecule has 110 valence electrons. The number of hydrogen-bond acceptors (Lipinski definition) is 3. The molecule has 4 nitrogen and oxygen atoms in total. The molecule has 0 aromatic heterocycles. The van der Waals surface area contributed by atoms with Gasteiger partial charge in [-0.1, -0.05) is 13.3 Å². The van der Waals surface area contributed by atoms with Gasteiger partial charge in [-0.3, -0.25) is 4.79 Å². The number of piperidine rings is 1. The van der Waals surface area contributed by atoms with Crippen LogP contribution in [-0.2, 0) is 9.53 Å². The van der Waals surface area contributed by atoms with Crippen molar-refractivity contribution in [3.05, 3.63) is 0 Å². The fraction of sp³-hybridized carbons (Fsp3) is 0.933. The lowest BCUT2D eigenvalue weighted by atomic mass is 9.70. The van der Waals surface area contributed by atoms with Crippen LogP contribution < -0.4 is 5.32 Å². The van der Waals surface area contributed by atoms with E-state index in [0.717, 1.165) is 64.5 Å². The van der Waals surface area contributed by atoms with Gasteiger partial charge in [-0.05, 0) is 58.0 Å². The molecule has 1 saturated heterocycles. The molecule has 19 heavy (non-hydrogen) atoms. The Morgan fingerprint density at radius 1 is 1.21 bits per heavy atom. The molecule has 2 aliphatic rings. The summed E-state index contributed by atoms with van der Waals surface area (Å²) in [6, 6.07) is 0. The van der Waals surface area contributed by atoms with Crippen LogP contribution in [0.5, 0.6) is 0 Å². The second-order valence-electron chi connectivity index (χ2n) is 6.12. The van der Waals surface area contributed by atoms with Crippen LogP contribution >= 0.6 is 0 Å². The van der Waals surface area contributed by atoms with Crippen molar-refractivity contribution in [2.24, 2.45) is 5.41 Å². The Hall–Kier alpha value is -0.610. The molecule has 1 aliphatic heterocycles. The van der Waals surface area contributed by atoms with Crippen LogP contribution in [0, 0.1) is 5.41 Å². The summed E-state index contributed by atoms with van der Waals surface area (Å²) < 4.78 is 6.15. The summed E-state index contributed by atoms with van der Waals surface area (Å²) in [4.78, 5) is 11.5. The third-order valence-electron chi connectivity index (χ3n) is 4.74. The van der Waals surface area contributed by atoms with Gasteiger partial charge >= 0.3 is 5.97 Å². The van der Waals surface area contributed by atoms with Crippen LogP contribution in [0.2, 0.25) is 0 Å². The zero-order valence-corrected chi connectivity index (χ0v) is 12.0. The molecule has 4 heteroatoms. The molecule has 2 N–H and O–H groups in total. The van der Waals surface area contributed by atoms with Crippen molar-refractivity contribution >= 4 is 5.97 Å². The van der Waals surface area contributed by atoms with E-state index in [1.54, 1.807) is 0 Å². The van der Waals surface area contributed by atoms with E-state index in [1.165, 1.54) is 0 Å². The molecule has 1 heterocycles. The number of carboxylic acid groups (broad SMARTS) is 1. The minimum Gasteiger partial charge on any atom is -0.481 e. The highest BCUT2D eigenvalue weighted by Crippen LogP contribution is 2.41. The van der Waals surface area contributed by atoms with E-state index in [9.17, 15) is 9.90 Å². The monoisotopic (exact) mass is 269 g/mol. The number of aliphatic carboxylic acids is 1. The van der Waals surface area contributed by atoms with Gasteiger partial charge in [-0.2, -0.15) is 0 Å². The van der Waals surface area contributed by atoms with Crippen molar-refractivity contribution in [3.63, 3.8) is 0 Å². The largest absolute Gasteiger partial charge is 0.481 e. The second-order valence-corrected chi connectivity index (χ2v) is 6.12. The Balaban J connectivity index is 1.81. The normalized spacial score (nSPS) is 33.2. The molecule has 2 fully saturated rings. The highest BCUT2D eigenvalue weighted by Gasteiger charge is 2.41. The maximum Gasteiger partial charge on any atom is 0.309 e. The number of ether oxygens (including phenoxy) is 1. The molecular weight excluding hydrogens is 242 g/mol. The summed E-state index contributed by atoms with van der Waals surface area (Å²) in [7, 11) is 0. The topological polar surface area (TPSA) is 58.6 Å². The van der Waals surface area contributed by atoms with Crippen LogP contribution in [0.4, 0.5) is 0 Å². The third-order valence-corrected chi connectivity index (χ3v) is 4.74. The van der Waals surface area contributed by atoms with Gasteiger partial charge in [0.1, 0.15) is 0 Å². The average molecular weight is 269 g/mol. The highest BCUT2D eigenvalue weighted by molar-refractivity contribution is 5.74. The molecule has 0 atom stereocenters. The zero-order chi connectivity index (χ0) is 13.7. The van der Waals surface area contributed by atoms with Gasteiger partial charge in [0.25, 0.3) is 0 Å². The smallest absolute Gasteiger partial charge is 0.309 e. The Kier molecular flexibility index (Phi) is 5.22.